The van der Waals surface area contributed by atoms with Gasteiger partial charge in [0.25, 0.3) is 5.91 Å². The van der Waals surface area contributed by atoms with Gasteiger partial charge in [-0.05, 0) is 36.2 Å². The van der Waals surface area contributed by atoms with Gasteiger partial charge in [-0.2, -0.15) is 5.26 Å². The number of nitriles is 1. The van der Waals surface area contributed by atoms with Crippen molar-refractivity contribution in [3.8, 4) is 6.07 Å². The van der Waals surface area contributed by atoms with Gasteiger partial charge in [0.15, 0.2) is 0 Å². The molecule has 1 unspecified atom stereocenters. The molecule has 1 fully saturated rings. The van der Waals surface area contributed by atoms with E-state index in [1.807, 2.05) is 38.1 Å². The van der Waals surface area contributed by atoms with Gasteiger partial charge in [-0.3, -0.25) is 9.59 Å². The zero-order chi connectivity index (χ0) is 20.8. The predicted octanol–water partition coefficient (Wildman–Crippen LogP) is 2.06. The maximum atomic E-state index is 13.1. The summed E-state index contributed by atoms with van der Waals surface area (Å²) >= 11 is 0. The normalized spacial score (nSPS) is 15.0. The molecule has 1 aromatic heterocycles. The summed E-state index contributed by atoms with van der Waals surface area (Å²) in [4.78, 5) is 34.1. The van der Waals surface area contributed by atoms with Gasteiger partial charge in [0, 0.05) is 37.9 Å². The van der Waals surface area contributed by atoms with Crippen molar-refractivity contribution >= 4 is 17.6 Å². The van der Waals surface area contributed by atoms with Gasteiger partial charge < -0.3 is 15.1 Å². The number of pyridine rings is 1. The van der Waals surface area contributed by atoms with Gasteiger partial charge in [0.05, 0.1) is 11.6 Å². The molecule has 1 aliphatic rings. The first-order valence-electron chi connectivity index (χ1n) is 9.75. The lowest BCUT2D eigenvalue weighted by Gasteiger charge is -2.37. The second-order valence-corrected chi connectivity index (χ2v) is 7.39. The highest BCUT2D eigenvalue weighted by Gasteiger charge is 2.31. The molecule has 0 spiro atoms. The summed E-state index contributed by atoms with van der Waals surface area (Å²) in [5, 5.41) is 11.9. The fourth-order valence-electron chi connectivity index (χ4n) is 3.36. The highest BCUT2D eigenvalue weighted by atomic mass is 16.2. The second kappa shape index (κ2) is 9.20. The number of piperazine rings is 1. The minimum Gasteiger partial charge on any atom is -0.353 e. The van der Waals surface area contributed by atoms with Crippen molar-refractivity contribution in [2.24, 2.45) is 5.92 Å². The smallest absolute Gasteiger partial charge is 0.251 e. The average molecular weight is 391 g/mol. The van der Waals surface area contributed by atoms with E-state index in [9.17, 15) is 9.59 Å². The number of carbonyl (C=O) groups excluding carboxylic acids is 2. The van der Waals surface area contributed by atoms with Crippen molar-refractivity contribution in [3.05, 3.63) is 59.8 Å². The monoisotopic (exact) mass is 391 g/mol. The summed E-state index contributed by atoms with van der Waals surface area (Å²) in [7, 11) is 0. The molecule has 7 heteroatoms. The van der Waals surface area contributed by atoms with E-state index >= 15 is 0 Å². The lowest BCUT2D eigenvalue weighted by Crippen LogP contribution is -2.56. The van der Waals surface area contributed by atoms with Crippen molar-refractivity contribution in [2.75, 3.05) is 31.1 Å². The van der Waals surface area contributed by atoms with Crippen LogP contribution < -0.4 is 10.2 Å². The first-order chi connectivity index (χ1) is 14.0. The SMILES string of the molecule is CC(C)C(NC(=O)c1cccc(C#N)c1)C(=O)N1CCN(c2ccccn2)CC1. The van der Waals surface area contributed by atoms with Crippen LogP contribution in [0.25, 0.3) is 0 Å². The first-order valence-corrected chi connectivity index (χ1v) is 9.75. The second-order valence-electron chi connectivity index (χ2n) is 7.39. The van der Waals surface area contributed by atoms with Crippen LogP contribution >= 0.6 is 0 Å². The molecule has 0 saturated carbocycles. The quantitative estimate of drug-likeness (QED) is 0.843. The first kappa shape index (κ1) is 20.3. The maximum absolute atomic E-state index is 13.1. The van der Waals surface area contributed by atoms with Crippen LogP contribution in [0.3, 0.4) is 0 Å². The molecule has 29 heavy (non-hydrogen) atoms. The van der Waals surface area contributed by atoms with Crippen molar-refractivity contribution < 1.29 is 9.59 Å². The summed E-state index contributed by atoms with van der Waals surface area (Å²) in [6.07, 6.45) is 1.76. The molecule has 1 N–H and O–H groups in total. The van der Waals surface area contributed by atoms with Crippen LogP contribution in [-0.4, -0.2) is 53.9 Å². The van der Waals surface area contributed by atoms with Crippen LogP contribution in [0.2, 0.25) is 0 Å². The standard InChI is InChI=1S/C22H25N5O2/c1-16(2)20(25-21(28)18-7-5-6-17(14-18)15-23)22(29)27-12-10-26(11-13-27)19-8-3-4-9-24-19/h3-9,14,16,20H,10-13H2,1-2H3,(H,25,28). The van der Waals surface area contributed by atoms with Crippen LogP contribution in [0.15, 0.2) is 48.7 Å². The van der Waals surface area contributed by atoms with Crippen molar-refractivity contribution in [1.82, 2.24) is 15.2 Å². The molecular formula is C22H25N5O2. The minimum atomic E-state index is -0.616. The Bertz CT molecular complexity index is 899. The van der Waals surface area contributed by atoms with Gasteiger partial charge in [-0.25, -0.2) is 4.98 Å². The predicted molar refractivity (Wildman–Crippen MR) is 110 cm³/mol. The molecule has 2 aromatic rings. The number of anilines is 1. The summed E-state index contributed by atoms with van der Waals surface area (Å²) in [6.45, 7) is 6.39. The average Bonchev–Trinajstić information content (AvgIpc) is 2.77. The molecule has 1 aromatic carbocycles. The van der Waals surface area contributed by atoms with E-state index in [0.29, 0.717) is 37.3 Å². The van der Waals surface area contributed by atoms with E-state index < -0.39 is 6.04 Å². The lowest BCUT2D eigenvalue weighted by atomic mass is 10.0. The number of nitrogens with zero attached hydrogens (tertiary/aromatic N) is 4. The summed E-state index contributed by atoms with van der Waals surface area (Å²) in [5.41, 5.74) is 0.790. The molecule has 3 rings (SSSR count). The number of nitrogens with one attached hydrogen (secondary N) is 1. The van der Waals surface area contributed by atoms with Gasteiger partial charge in [0.2, 0.25) is 5.91 Å². The highest BCUT2D eigenvalue weighted by molar-refractivity contribution is 5.97. The number of hydrogen-bond donors (Lipinski definition) is 1. The van der Waals surface area contributed by atoms with Crippen LogP contribution in [0.5, 0.6) is 0 Å². The van der Waals surface area contributed by atoms with Crippen LogP contribution in [0, 0.1) is 17.2 Å². The van der Waals surface area contributed by atoms with Crippen molar-refractivity contribution in [2.45, 2.75) is 19.9 Å². The third kappa shape index (κ3) is 4.91. The largest absolute Gasteiger partial charge is 0.353 e. The molecular weight excluding hydrogens is 366 g/mol. The Balaban J connectivity index is 1.64. The number of amides is 2. The Morgan fingerprint density at radius 3 is 2.48 bits per heavy atom. The van der Waals surface area contributed by atoms with Crippen LogP contribution in [0.1, 0.15) is 29.8 Å². The van der Waals surface area contributed by atoms with E-state index in [-0.39, 0.29) is 17.7 Å². The molecule has 150 valence electrons. The number of benzene rings is 1. The van der Waals surface area contributed by atoms with E-state index in [4.69, 9.17) is 5.26 Å². The fraction of sp³-hybridized carbons (Fsp3) is 0.364. The number of carbonyl (C=O) groups is 2. The highest BCUT2D eigenvalue weighted by Crippen LogP contribution is 2.15. The van der Waals surface area contributed by atoms with Gasteiger partial charge in [-0.15, -0.1) is 0 Å². The fourth-order valence-corrected chi connectivity index (χ4v) is 3.36. The molecule has 7 nitrogen and oxygen atoms in total. The topological polar surface area (TPSA) is 89.3 Å². The molecule has 1 atom stereocenters. The summed E-state index contributed by atoms with van der Waals surface area (Å²) in [5.74, 6) is 0.428. The molecule has 0 radical (unpaired) electrons. The molecule has 1 saturated heterocycles. The lowest BCUT2D eigenvalue weighted by molar-refractivity contribution is -0.134. The zero-order valence-electron chi connectivity index (χ0n) is 16.7. The summed E-state index contributed by atoms with van der Waals surface area (Å²) < 4.78 is 0. The number of aromatic nitrogens is 1. The van der Waals surface area contributed by atoms with Gasteiger partial charge in [0.1, 0.15) is 11.9 Å². The Hall–Kier alpha value is -3.40. The number of hydrogen-bond acceptors (Lipinski definition) is 5. The summed E-state index contributed by atoms with van der Waals surface area (Å²) in [6, 6.07) is 13.7. The molecule has 2 amide bonds. The van der Waals surface area contributed by atoms with Crippen LogP contribution in [0.4, 0.5) is 5.82 Å². The Morgan fingerprint density at radius 2 is 1.86 bits per heavy atom. The van der Waals surface area contributed by atoms with E-state index in [1.165, 1.54) is 6.07 Å². The Labute approximate surface area is 171 Å². The Kier molecular flexibility index (Phi) is 6.45. The van der Waals surface area contributed by atoms with Crippen molar-refractivity contribution in [1.29, 1.82) is 5.26 Å². The minimum absolute atomic E-state index is 0.0561. The molecule has 2 heterocycles. The molecule has 0 bridgehead atoms. The van der Waals surface area contributed by atoms with E-state index in [2.05, 4.69) is 15.2 Å². The van der Waals surface area contributed by atoms with Crippen molar-refractivity contribution in [3.63, 3.8) is 0 Å². The van der Waals surface area contributed by atoms with E-state index in [0.717, 1.165) is 5.82 Å². The number of rotatable bonds is 5. The molecule has 0 aliphatic carbocycles. The zero-order valence-corrected chi connectivity index (χ0v) is 16.7. The third-order valence-corrected chi connectivity index (χ3v) is 5.04. The maximum Gasteiger partial charge on any atom is 0.251 e. The third-order valence-electron chi connectivity index (χ3n) is 5.04. The van der Waals surface area contributed by atoms with Gasteiger partial charge >= 0.3 is 0 Å². The van der Waals surface area contributed by atoms with Crippen LogP contribution in [-0.2, 0) is 4.79 Å². The Morgan fingerprint density at radius 1 is 1.10 bits per heavy atom. The molecule has 1 aliphatic heterocycles. The van der Waals surface area contributed by atoms with E-state index in [1.54, 1.807) is 29.3 Å². The van der Waals surface area contributed by atoms with Gasteiger partial charge in [-0.1, -0.05) is 26.0 Å².